The minimum absolute atomic E-state index is 0.583. The lowest BCUT2D eigenvalue weighted by molar-refractivity contribution is 0.860. The van der Waals surface area contributed by atoms with E-state index >= 15 is 0 Å². The van der Waals surface area contributed by atoms with E-state index in [1.807, 2.05) is 0 Å². The Bertz CT molecular complexity index is 774. The summed E-state index contributed by atoms with van der Waals surface area (Å²) in [4.78, 5) is 0. The zero-order valence-corrected chi connectivity index (χ0v) is 11.6. The van der Waals surface area contributed by atoms with Crippen LogP contribution >= 0.6 is 0 Å². The second-order valence-electron chi connectivity index (χ2n) is 5.58. The van der Waals surface area contributed by atoms with Crippen LogP contribution in [0, 0.1) is 0 Å². The third-order valence-electron chi connectivity index (χ3n) is 4.28. The molecule has 1 aliphatic rings. The minimum atomic E-state index is 0.583. The molecule has 1 atom stereocenters. The molecule has 0 aliphatic carbocycles. The Morgan fingerprint density at radius 1 is 0.850 bits per heavy atom. The first-order valence-electron chi connectivity index (χ1n) is 7.19. The number of benzene rings is 3. The highest BCUT2D eigenvalue weighted by molar-refractivity contribution is 6.01. The summed E-state index contributed by atoms with van der Waals surface area (Å²) in [5.74, 6) is 0.583. The Kier molecular flexibility index (Phi) is 2.53. The molecule has 1 heteroatoms. The number of fused-ring (bicyclic) bond motifs is 3. The molecule has 0 amide bonds. The quantitative estimate of drug-likeness (QED) is 0.646. The molecular formula is C19H17N. The fraction of sp³-hybridized carbons (Fsp3) is 0.158. The molecular weight excluding hydrogens is 242 g/mol. The highest BCUT2D eigenvalue weighted by atomic mass is 14.9. The van der Waals surface area contributed by atoms with Gasteiger partial charge in [-0.05, 0) is 33.5 Å². The first-order chi connectivity index (χ1) is 9.84. The first-order valence-corrected chi connectivity index (χ1v) is 7.19. The van der Waals surface area contributed by atoms with Crippen molar-refractivity contribution in [3.05, 3.63) is 66.2 Å². The highest BCUT2D eigenvalue weighted by Gasteiger charge is 2.21. The fourth-order valence-electron chi connectivity index (χ4n) is 3.30. The van der Waals surface area contributed by atoms with Crippen molar-refractivity contribution in [2.75, 3.05) is 11.9 Å². The summed E-state index contributed by atoms with van der Waals surface area (Å²) in [7, 11) is 0. The third kappa shape index (κ3) is 1.63. The number of hydrogen-bond acceptors (Lipinski definition) is 1. The lowest BCUT2D eigenvalue weighted by atomic mass is 9.91. The molecule has 0 spiro atoms. The molecule has 0 saturated carbocycles. The molecule has 3 aromatic carbocycles. The highest BCUT2D eigenvalue weighted by Crippen LogP contribution is 2.40. The molecule has 1 heterocycles. The molecule has 1 unspecified atom stereocenters. The maximum absolute atomic E-state index is 3.50. The van der Waals surface area contributed by atoms with Gasteiger partial charge in [-0.15, -0.1) is 0 Å². The smallest absolute Gasteiger partial charge is 0.0382 e. The van der Waals surface area contributed by atoms with E-state index in [2.05, 4.69) is 72.9 Å². The molecule has 1 aliphatic heterocycles. The monoisotopic (exact) mass is 259 g/mol. The number of nitrogens with one attached hydrogen (secondary N) is 1. The third-order valence-corrected chi connectivity index (χ3v) is 4.28. The van der Waals surface area contributed by atoms with Crippen molar-refractivity contribution < 1.29 is 0 Å². The molecule has 1 nitrogen and oxygen atoms in total. The summed E-state index contributed by atoms with van der Waals surface area (Å²) in [5, 5.41) is 6.25. The van der Waals surface area contributed by atoms with Gasteiger partial charge in [0.05, 0.1) is 0 Å². The summed E-state index contributed by atoms with van der Waals surface area (Å²) in [6.45, 7) is 3.34. The van der Waals surface area contributed by atoms with Gasteiger partial charge in [0.15, 0.2) is 0 Å². The summed E-state index contributed by atoms with van der Waals surface area (Å²) in [6.07, 6.45) is 0. The largest absolute Gasteiger partial charge is 0.384 e. The van der Waals surface area contributed by atoms with Crippen molar-refractivity contribution in [1.82, 2.24) is 0 Å². The molecule has 0 saturated heterocycles. The molecule has 0 radical (unpaired) electrons. The standard InChI is InChI=1S/C19H17N/c1-13-12-20-18-11-10-16-15(14-6-3-2-4-7-14)8-5-9-17(16)19(13)18/h2-11,13,20H,12H2,1H3. The van der Waals surface area contributed by atoms with Crippen LogP contribution in [0.3, 0.4) is 0 Å². The predicted molar refractivity (Wildman–Crippen MR) is 86.3 cm³/mol. The Labute approximate surface area is 119 Å². The van der Waals surface area contributed by atoms with Gasteiger partial charge in [-0.3, -0.25) is 0 Å². The van der Waals surface area contributed by atoms with Crippen LogP contribution in [0.4, 0.5) is 5.69 Å². The van der Waals surface area contributed by atoms with Gasteiger partial charge in [-0.25, -0.2) is 0 Å². The van der Waals surface area contributed by atoms with Crippen LogP contribution in [-0.2, 0) is 0 Å². The van der Waals surface area contributed by atoms with Crippen LogP contribution < -0.4 is 5.32 Å². The van der Waals surface area contributed by atoms with Crippen LogP contribution in [0.5, 0.6) is 0 Å². The van der Waals surface area contributed by atoms with E-state index in [9.17, 15) is 0 Å². The van der Waals surface area contributed by atoms with Gasteiger partial charge in [0.2, 0.25) is 0 Å². The number of rotatable bonds is 1. The fourth-order valence-corrected chi connectivity index (χ4v) is 3.30. The molecule has 0 aromatic heterocycles. The van der Waals surface area contributed by atoms with Crippen LogP contribution in [0.25, 0.3) is 21.9 Å². The number of anilines is 1. The van der Waals surface area contributed by atoms with E-state index in [-0.39, 0.29) is 0 Å². The van der Waals surface area contributed by atoms with Gasteiger partial charge in [0, 0.05) is 18.2 Å². The zero-order valence-electron chi connectivity index (χ0n) is 11.6. The van der Waals surface area contributed by atoms with Gasteiger partial charge >= 0.3 is 0 Å². The Hall–Kier alpha value is -2.28. The van der Waals surface area contributed by atoms with E-state index in [0.717, 1.165) is 6.54 Å². The summed E-state index contributed by atoms with van der Waals surface area (Å²) >= 11 is 0. The minimum Gasteiger partial charge on any atom is -0.384 e. The summed E-state index contributed by atoms with van der Waals surface area (Å²) < 4.78 is 0. The molecule has 0 bridgehead atoms. The zero-order chi connectivity index (χ0) is 13.5. The van der Waals surface area contributed by atoms with Gasteiger partial charge in [0.1, 0.15) is 0 Å². The van der Waals surface area contributed by atoms with Crippen molar-refractivity contribution in [3.8, 4) is 11.1 Å². The second kappa shape index (κ2) is 4.38. The Morgan fingerprint density at radius 2 is 1.70 bits per heavy atom. The van der Waals surface area contributed by atoms with Crippen LogP contribution in [-0.4, -0.2) is 6.54 Å². The first kappa shape index (κ1) is 11.5. The van der Waals surface area contributed by atoms with Crippen molar-refractivity contribution in [2.24, 2.45) is 0 Å². The summed E-state index contributed by atoms with van der Waals surface area (Å²) in [6, 6.07) is 21.8. The normalized spacial score (nSPS) is 16.9. The maximum Gasteiger partial charge on any atom is 0.0382 e. The van der Waals surface area contributed by atoms with Crippen LogP contribution in [0.2, 0.25) is 0 Å². The topological polar surface area (TPSA) is 12.0 Å². The molecule has 1 N–H and O–H groups in total. The van der Waals surface area contributed by atoms with E-state index in [4.69, 9.17) is 0 Å². The lowest BCUT2D eigenvalue weighted by Crippen LogP contribution is -1.96. The van der Waals surface area contributed by atoms with Gasteiger partial charge in [-0.2, -0.15) is 0 Å². The van der Waals surface area contributed by atoms with E-state index in [1.54, 1.807) is 0 Å². The number of hydrogen-bond donors (Lipinski definition) is 1. The van der Waals surface area contributed by atoms with Crippen LogP contribution in [0.15, 0.2) is 60.7 Å². The van der Waals surface area contributed by atoms with Crippen molar-refractivity contribution >= 4 is 16.5 Å². The van der Waals surface area contributed by atoms with E-state index in [0.29, 0.717) is 5.92 Å². The maximum atomic E-state index is 3.50. The van der Waals surface area contributed by atoms with Gasteiger partial charge in [0.25, 0.3) is 0 Å². The van der Waals surface area contributed by atoms with Crippen molar-refractivity contribution in [1.29, 1.82) is 0 Å². The average molecular weight is 259 g/mol. The van der Waals surface area contributed by atoms with Gasteiger partial charge < -0.3 is 5.32 Å². The Balaban J connectivity index is 2.04. The molecule has 3 aromatic rings. The van der Waals surface area contributed by atoms with Crippen LogP contribution in [0.1, 0.15) is 18.4 Å². The van der Waals surface area contributed by atoms with Crippen molar-refractivity contribution in [2.45, 2.75) is 12.8 Å². The van der Waals surface area contributed by atoms with Crippen molar-refractivity contribution in [3.63, 3.8) is 0 Å². The molecule has 0 fully saturated rings. The molecule has 98 valence electrons. The lowest BCUT2D eigenvalue weighted by Gasteiger charge is -2.12. The molecule has 20 heavy (non-hydrogen) atoms. The van der Waals surface area contributed by atoms with Gasteiger partial charge in [-0.1, -0.05) is 61.5 Å². The predicted octanol–water partition coefficient (Wildman–Crippen LogP) is 5.04. The van der Waals surface area contributed by atoms with E-state index in [1.165, 1.54) is 33.2 Å². The Morgan fingerprint density at radius 3 is 2.55 bits per heavy atom. The average Bonchev–Trinajstić information content (AvgIpc) is 2.89. The second-order valence-corrected chi connectivity index (χ2v) is 5.58. The SMILES string of the molecule is CC1CNc2ccc3c(-c4ccccc4)cccc3c21. The molecule has 4 rings (SSSR count). The van der Waals surface area contributed by atoms with E-state index < -0.39 is 0 Å². The summed E-state index contributed by atoms with van der Waals surface area (Å²) in [5.41, 5.74) is 5.39.